The molecule has 0 spiro atoms. The van der Waals surface area contributed by atoms with E-state index in [1.54, 1.807) is 11.3 Å². The molecule has 0 aliphatic rings. The van der Waals surface area contributed by atoms with E-state index in [1.807, 2.05) is 11.6 Å². The zero-order valence-electron chi connectivity index (χ0n) is 9.12. The molecule has 1 atom stereocenters. The third-order valence-corrected chi connectivity index (χ3v) is 3.11. The molecule has 1 N–H and O–H groups in total. The molecule has 1 rings (SSSR count). The Morgan fingerprint density at radius 3 is 3.07 bits per heavy atom. The van der Waals surface area contributed by atoms with E-state index in [0.29, 0.717) is 0 Å². The van der Waals surface area contributed by atoms with Crippen LogP contribution < -0.4 is 5.32 Å². The smallest absolute Gasteiger partial charge is 0.0937 e. The molecule has 0 bridgehead atoms. The summed E-state index contributed by atoms with van der Waals surface area (Å²) in [5.41, 5.74) is 0. The monoisotopic (exact) mass is 212 g/mol. The van der Waals surface area contributed by atoms with Crippen LogP contribution in [0.2, 0.25) is 0 Å². The minimum absolute atomic E-state index is 0.802. The molecule has 2 nitrogen and oxygen atoms in total. The zero-order valence-corrected chi connectivity index (χ0v) is 9.94. The summed E-state index contributed by atoms with van der Waals surface area (Å²) in [6.45, 7) is 6.74. The molecule has 0 saturated heterocycles. The SMILES string of the molecule is CCCC(C)CNCCc1nccs1. The minimum atomic E-state index is 0.802. The van der Waals surface area contributed by atoms with E-state index in [2.05, 4.69) is 24.1 Å². The van der Waals surface area contributed by atoms with Crippen LogP contribution in [0.3, 0.4) is 0 Å². The van der Waals surface area contributed by atoms with Crippen molar-refractivity contribution in [3.8, 4) is 0 Å². The Balaban J connectivity index is 1.99. The van der Waals surface area contributed by atoms with Crippen LogP contribution in [0.25, 0.3) is 0 Å². The van der Waals surface area contributed by atoms with Crippen LogP contribution in [-0.4, -0.2) is 18.1 Å². The van der Waals surface area contributed by atoms with Crippen molar-refractivity contribution in [1.29, 1.82) is 0 Å². The van der Waals surface area contributed by atoms with Gasteiger partial charge in [-0.1, -0.05) is 20.3 Å². The molecular formula is C11H20N2S. The van der Waals surface area contributed by atoms with E-state index in [0.717, 1.165) is 25.4 Å². The van der Waals surface area contributed by atoms with Crippen molar-refractivity contribution >= 4 is 11.3 Å². The van der Waals surface area contributed by atoms with Gasteiger partial charge in [0.05, 0.1) is 5.01 Å². The van der Waals surface area contributed by atoms with Gasteiger partial charge in [-0.05, 0) is 18.9 Å². The Bertz CT molecular complexity index is 221. The van der Waals surface area contributed by atoms with Gasteiger partial charge in [0.2, 0.25) is 0 Å². The maximum Gasteiger partial charge on any atom is 0.0937 e. The second-order valence-electron chi connectivity index (χ2n) is 3.77. The van der Waals surface area contributed by atoms with E-state index < -0.39 is 0 Å². The van der Waals surface area contributed by atoms with Crippen molar-refractivity contribution in [3.05, 3.63) is 16.6 Å². The maximum atomic E-state index is 4.25. The highest BCUT2D eigenvalue weighted by Gasteiger charge is 2.00. The first-order chi connectivity index (χ1) is 6.83. The molecule has 0 saturated carbocycles. The predicted octanol–water partition coefficient (Wildman–Crippen LogP) is 2.71. The van der Waals surface area contributed by atoms with Crippen LogP contribution in [-0.2, 0) is 6.42 Å². The Hall–Kier alpha value is -0.410. The summed E-state index contributed by atoms with van der Waals surface area (Å²) in [5.74, 6) is 0.802. The van der Waals surface area contributed by atoms with Crippen molar-refractivity contribution in [1.82, 2.24) is 10.3 Å². The van der Waals surface area contributed by atoms with Crippen LogP contribution in [0, 0.1) is 5.92 Å². The molecule has 14 heavy (non-hydrogen) atoms. The van der Waals surface area contributed by atoms with Gasteiger partial charge in [0.25, 0.3) is 0 Å². The fourth-order valence-electron chi connectivity index (χ4n) is 1.52. The Morgan fingerprint density at radius 1 is 1.57 bits per heavy atom. The highest BCUT2D eigenvalue weighted by molar-refractivity contribution is 7.09. The van der Waals surface area contributed by atoms with E-state index in [-0.39, 0.29) is 0 Å². The van der Waals surface area contributed by atoms with E-state index in [9.17, 15) is 0 Å². The second kappa shape index (κ2) is 6.96. The Kier molecular flexibility index (Phi) is 5.80. The van der Waals surface area contributed by atoms with Crippen molar-refractivity contribution in [2.75, 3.05) is 13.1 Å². The first kappa shape index (κ1) is 11.7. The lowest BCUT2D eigenvalue weighted by atomic mass is 10.1. The summed E-state index contributed by atoms with van der Waals surface area (Å²) >= 11 is 1.74. The fraction of sp³-hybridized carbons (Fsp3) is 0.727. The molecule has 0 aromatic carbocycles. The van der Waals surface area contributed by atoms with Crippen LogP contribution >= 0.6 is 11.3 Å². The summed E-state index contributed by atoms with van der Waals surface area (Å²) in [5, 5.41) is 6.75. The fourth-order valence-corrected chi connectivity index (χ4v) is 2.14. The Labute approximate surface area is 90.8 Å². The molecule has 3 heteroatoms. The molecule has 0 aliphatic heterocycles. The molecule has 0 radical (unpaired) electrons. The summed E-state index contributed by atoms with van der Waals surface area (Å²) in [4.78, 5) is 4.25. The zero-order chi connectivity index (χ0) is 10.2. The molecule has 0 fully saturated rings. The lowest BCUT2D eigenvalue weighted by Crippen LogP contribution is -2.23. The molecule has 0 aliphatic carbocycles. The molecule has 0 amide bonds. The minimum Gasteiger partial charge on any atom is -0.316 e. The van der Waals surface area contributed by atoms with Gasteiger partial charge in [-0.3, -0.25) is 0 Å². The number of aromatic nitrogens is 1. The third kappa shape index (κ3) is 4.72. The quantitative estimate of drug-likeness (QED) is 0.703. The van der Waals surface area contributed by atoms with Crippen LogP contribution in [0.1, 0.15) is 31.7 Å². The number of thiazole rings is 1. The van der Waals surface area contributed by atoms with E-state index in [1.165, 1.54) is 17.8 Å². The molecule has 1 aromatic rings. The number of hydrogen-bond acceptors (Lipinski definition) is 3. The molecular weight excluding hydrogens is 192 g/mol. The lowest BCUT2D eigenvalue weighted by molar-refractivity contribution is 0.478. The van der Waals surface area contributed by atoms with Gasteiger partial charge < -0.3 is 5.32 Å². The number of nitrogens with zero attached hydrogens (tertiary/aromatic N) is 1. The standard InChI is InChI=1S/C11H20N2S/c1-3-4-10(2)9-12-6-5-11-13-7-8-14-11/h7-8,10,12H,3-6,9H2,1-2H3. The Morgan fingerprint density at radius 2 is 2.43 bits per heavy atom. The first-order valence-corrected chi connectivity index (χ1v) is 6.30. The summed E-state index contributed by atoms with van der Waals surface area (Å²) in [6, 6.07) is 0. The second-order valence-corrected chi connectivity index (χ2v) is 4.75. The van der Waals surface area contributed by atoms with Crippen LogP contribution in [0.15, 0.2) is 11.6 Å². The molecule has 1 unspecified atom stereocenters. The average Bonchev–Trinajstić information content (AvgIpc) is 2.65. The van der Waals surface area contributed by atoms with Crippen molar-refractivity contribution in [3.63, 3.8) is 0 Å². The van der Waals surface area contributed by atoms with Crippen molar-refractivity contribution in [2.45, 2.75) is 33.1 Å². The van der Waals surface area contributed by atoms with Crippen molar-refractivity contribution < 1.29 is 0 Å². The first-order valence-electron chi connectivity index (χ1n) is 5.42. The largest absolute Gasteiger partial charge is 0.316 e. The lowest BCUT2D eigenvalue weighted by Gasteiger charge is -2.10. The molecule has 1 heterocycles. The van der Waals surface area contributed by atoms with Crippen LogP contribution in [0.5, 0.6) is 0 Å². The maximum absolute atomic E-state index is 4.25. The number of nitrogens with one attached hydrogen (secondary N) is 1. The van der Waals surface area contributed by atoms with E-state index >= 15 is 0 Å². The van der Waals surface area contributed by atoms with Gasteiger partial charge in [-0.2, -0.15) is 0 Å². The molecule has 80 valence electrons. The normalized spacial score (nSPS) is 13.0. The summed E-state index contributed by atoms with van der Waals surface area (Å²) in [7, 11) is 0. The highest BCUT2D eigenvalue weighted by Crippen LogP contribution is 2.05. The summed E-state index contributed by atoms with van der Waals surface area (Å²) < 4.78 is 0. The number of hydrogen-bond donors (Lipinski definition) is 1. The van der Waals surface area contributed by atoms with Crippen molar-refractivity contribution in [2.24, 2.45) is 5.92 Å². The third-order valence-electron chi connectivity index (χ3n) is 2.27. The van der Waals surface area contributed by atoms with Gasteiger partial charge in [-0.25, -0.2) is 4.98 Å². The van der Waals surface area contributed by atoms with Gasteiger partial charge in [0, 0.05) is 24.5 Å². The van der Waals surface area contributed by atoms with Gasteiger partial charge >= 0.3 is 0 Å². The number of rotatable bonds is 7. The highest BCUT2D eigenvalue weighted by atomic mass is 32.1. The van der Waals surface area contributed by atoms with Gasteiger partial charge in [0.1, 0.15) is 0 Å². The average molecular weight is 212 g/mol. The molecule has 1 aromatic heterocycles. The summed E-state index contributed by atoms with van der Waals surface area (Å²) in [6.07, 6.45) is 5.55. The topological polar surface area (TPSA) is 24.9 Å². The van der Waals surface area contributed by atoms with E-state index in [4.69, 9.17) is 0 Å². The van der Waals surface area contributed by atoms with Gasteiger partial charge in [-0.15, -0.1) is 11.3 Å². The predicted molar refractivity (Wildman–Crippen MR) is 62.8 cm³/mol. The van der Waals surface area contributed by atoms with Gasteiger partial charge in [0.15, 0.2) is 0 Å². The van der Waals surface area contributed by atoms with Crippen LogP contribution in [0.4, 0.5) is 0 Å².